The Morgan fingerprint density at radius 1 is 1.44 bits per heavy atom. The van der Waals surface area contributed by atoms with Crippen LogP contribution in [0.2, 0.25) is 10.0 Å². The molecule has 0 aromatic heterocycles. The summed E-state index contributed by atoms with van der Waals surface area (Å²) >= 11 is 11.6. The van der Waals surface area contributed by atoms with Gasteiger partial charge in [-0.2, -0.15) is 0 Å². The first-order valence-electron chi connectivity index (χ1n) is 4.93. The average Bonchev–Trinajstić information content (AvgIpc) is 2.98. The molecule has 0 amide bonds. The highest BCUT2D eigenvalue weighted by Crippen LogP contribution is 2.35. The standard InChI is InChI=1S/C11H10Cl2O3/c12-7-3-8(11(14)15)10(9(13)4-7)16-5-6-1-2-6/h3-4,6H,1-2,5H2,(H,14,15). The van der Waals surface area contributed by atoms with Crippen molar-refractivity contribution in [1.82, 2.24) is 0 Å². The summed E-state index contributed by atoms with van der Waals surface area (Å²) < 4.78 is 5.44. The maximum absolute atomic E-state index is 11.0. The summed E-state index contributed by atoms with van der Waals surface area (Å²) in [5.74, 6) is -0.339. The number of benzene rings is 1. The zero-order valence-corrected chi connectivity index (χ0v) is 9.88. The molecule has 0 bridgehead atoms. The van der Waals surface area contributed by atoms with E-state index < -0.39 is 5.97 Å². The molecule has 16 heavy (non-hydrogen) atoms. The molecule has 1 fully saturated rings. The maximum atomic E-state index is 11.0. The lowest BCUT2D eigenvalue weighted by Gasteiger charge is -2.10. The van der Waals surface area contributed by atoms with Crippen molar-refractivity contribution in [3.05, 3.63) is 27.7 Å². The fraction of sp³-hybridized carbons (Fsp3) is 0.364. The van der Waals surface area contributed by atoms with Crippen LogP contribution < -0.4 is 4.74 Å². The maximum Gasteiger partial charge on any atom is 0.339 e. The number of carboxylic acids is 1. The molecule has 0 atom stereocenters. The Hall–Kier alpha value is -0.930. The molecule has 1 aromatic carbocycles. The van der Waals surface area contributed by atoms with Crippen molar-refractivity contribution in [2.24, 2.45) is 5.92 Å². The van der Waals surface area contributed by atoms with Crippen LogP contribution in [0.4, 0.5) is 0 Å². The molecule has 1 aliphatic rings. The third kappa shape index (κ3) is 2.60. The van der Waals surface area contributed by atoms with Crippen LogP contribution in [-0.4, -0.2) is 17.7 Å². The van der Waals surface area contributed by atoms with Gasteiger partial charge in [-0.05, 0) is 30.9 Å². The van der Waals surface area contributed by atoms with E-state index in [0.717, 1.165) is 12.8 Å². The lowest BCUT2D eigenvalue weighted by molar-refractivity contribution is 0.0692. The molecular weight excluding hydrogens is 251 g/mol. The molecular formula is C11H10Cl2O3. The van der Waals surface area contributed by atoms with E-state index in [4.69, 9.17) is 33.0 Å². The van der Waals surface area contributed by atoms with Gasteiger partial charge < -0.3 is 9.84 Å². The number of rotatable bonds is 4. The van der Waals surface area contributed by atoms with E-state index in [1.807, 2.05) is 0 Å². The first kappa shape index (κ1) is 11.6. The van der Waals surface area contributed by atoms with Crippen LogP contribution in [-0.2, 0) is 0 Å². The Kier molecular flexibility index (Phi) is 3.26. The lowest BCUT2D eigenvalue weighted by Crippen LogP contribution is -2.06. The van der Waals surface area contributed by atoms with Gasteiger partial charge in [-0.25, -0.2) is 4.79 Å². The van der Waals surface area contributed by atoms with Crippen LogP contribution >= 0.6 is 23.2 Å². The predicted molar refractivity (Wildman–Crippen MR) is 61.6 cm³/mol. The minimum Gasteiger partial charge on any atom is -0.491 e. The minimum atomic E-state index is -1.09. The second-order valence-corrected chi connectivity index (χ2v) is 4.67. The molecule has 0 aliphatic heterocycles. The van der Waals surface area contributed by atoms with E-state index in [2.05, 4.69) is 0 Å². The van der Waals surface area contributed by atoms with Crippen molar-refractivity contribution in [3.8, 4) is 5.75 Å². The van der Waals surface area contributed by atoms with Crippen molar-refractivity contribution in [1.29, 1.82) is 0 Å². The topological polar surface area (TPSA) is 46.5 Å². The monoisotopic (exact) mass is 260 g/mol. The van der Waals surface area contributed by atoms with Crippen molar-refractivity contribution in [2.75, 3.05) is 6.61 Å². The predicted octanol–water partition coefficient (Wildman–Crippen LogP) is 3.48. The van der Waals surface area contributed by atoms with Gasteiger partial charge in [0.2, 0.25) is 0 Å². The average molecular weight is 261 g/mol. The SMILES string of the molecule is O=C(O)c1cc(Cl)cc(Cl)c1OCC1CC1. The Labute approximate surface area is 103 Å². The number of hydrogen-bond acceptors (Lipinski definition) is 2. The number of hydrogen-bond donors (Lipinski definition) is 1. The van der Waals surface area contributed by atoms with Gasteiger partial charge in [0.25, 0.3) is 0 Å². The Morgan fingerprint density at radius 3 is 2.69 bits per heavy atom. The molecule has 0 radical (unpaired) electrons. The van der Waals surface area contributed by atoms with Crippen LogP contribution in [0.15, 0.2) is 12.1 Å². The zero-order valence-electron chi connectivity index (χ0n) is 8.37. The fourth-order valence-electron chi connectivity index (χ4n) is 1.35. The van der Waals surface area contributed by atoms with Gasteiger partial charge in [-0.15, -0.1) is 0 Å². The van der Waals surface area contributed by atoms with E-state index >= 15 is 0 Å². The molecule has 3 nitrogen and oxygen atoms in total. The summed E-state index contributed by atoms with van der Waals surface area (Å²) in [6.07, 6.45) is 2.27. The number of carboxylic acid groups (broad SMARTS) is 1. The Balaban J connectivity index is 2.27. The molecule has 5 heteroatoms. The molecule has 0 heterocycles. The first-order valence-corrected chi connectivity index (χ1v) is 5.68. The van der Waals surface area contributed by atoms with Gasteiger partial charge in [0.1, 0.15) is 5.56 Å². The lowest BCUT2D eigenvalue weighted by atomic mass is 10.2. The summed E-state index contributed by atoms with van der Waals surface area (Å²) in [7, 11) is 0. The smallest absolute Gasteiger partial charge is 0.339 e. The van der Waals surface area contributed by atoms with Gasteiger partial charge in [0.05, 0.1) is 11.6 Å². The largest absolute Gasteiger partial charge is 0.491 e. The summed E-state index contributed by atoms with van der Waals surface area (Å²) in [6, 6.07) is 2.83. The quantitative estimate of drug-likeness (QED) is 0.902. The normalized spacial score (nSPS) is 14.9. The molecule has 0 spiro atoms. The summed E-state index contributed by atoms with van der Waals surface area (Å²) in [5, 5.41) is 9.53. The van der Waals surface area contributed by atoms with Gasteiger partial charge in [0, 0.05) is 5.02 Å². The third-order valence-electron chi connectivity index (χ3n) is 2.40. The van der Waals surface area contributed by atoms with E-state index in [-0.39, 0.29) is 16.3 Å². The van der Waals surface area contributed by atoms with E-state index in [0.29, 0.717) is 17.5 Å². The summed E-state index contributed by atoms with van der Waals surface area (Å²) in [5.41, 5.74) is 0.0122. The van der Waals surface area contributed by atoms with Crippen LogP contribution in [0, 0.1) is 5.92 Å². The van der Waals surface area contributed by atoms with Crippen molar-refractivity contribution >= 4 is 29.2 Å². The molecule has 86 valence electrons. The van der Waals surface area contributed by atoms with Gasteiger partial charge >= 0.3 is 5.97 Å². The van der Waals surface area contributed by atoms with Crippen molar-refractivity contribution in [2.45, 2.75) is 12.8 Å². The zero-order chi connectivity index (χ0) is 11.7. The van der Waals surface area contributed by atoms with Crippen LogP contribution in [0.5, 0.6) is 5.75 Å². The molecule has 1 N–H and O–H groups in total. The van der Waals surface area contributed by atoms with E-state index in [9.17, 15) is 4.79 Å². The Bertz CT molecular complexity index is 427. The molecule has 0 saturated heterocycles. The van der Waals surface area contributed by atoms with E-state index in [1.54, 1.807) is 0 Å². The number of aromatic carboxylic acids is 1. The second-order valence-electron chi connectivity index (χ2n) is 3.82. The van der Waals surface area contributed by atoms with E-state index in [1.165, 1.54) is 12.1 Å². The second kappa shape index (κ2) is 4.52. The van der Waals surface area contributed by atoms with Crippen LogP contribution in [0.1, 0.15) is 23.2 Å². The first-order chi connectivity index (χ1) is 7.58. The van der Waals surface area contributed by atoms with Gasteiger partial charge in [-0.1, -0.05) is 23.2 Å². The number of carbonyl (C=O) groups is 1. The van der Waals surface area contributed by atoms with Crippen molar-refractivity contribution in [3.63, 3.8) is 0 Å². The van der Waals surface area contributed by atoms with Crippen LogP contribution in [0.3, 0.4) is 0 Å². The third-order valence-corrected chi connectivity index (χ3v) is 2.90. The van der Waals surface area contributed by atoms with Crippen molar-refractivity contribution < 1.29 is 14.6 Å². The molecule has 0 unspecified atom stereocenters. The van der Waals surface area contributed by atoms with Crippen LogP contribution in [0.25, 0.3) is 0 Å². The Morgan fingerprint density at radius 2 is 2.12 bits per heavy atom. The molecule has 1 aliphatic carbocycles. The number of ether oxygens (including phenoxy) is 1. The highest BCUT2D eigenvalue weighted by Gasteiger charge is 2.24. The minimum absolute atomic E-state index is 0.0122. The number of halogens is 2. The summed E-state index contributed by atoms with van der Waals surface area (Å²) in [4.78, 5) is 11.0. The van der Waals surface area contributed by atoms with Gasteiger partial charge in [0.15, 0.2) is 5.75 Å². The molecule has 2 rings (SSSR count). The fourth-order valence-corrected chi connectivity index (χ4v) is 1.90. The highest BCUT2D eigenvalue weighted by molar-refractivity contribution is 6.36. The van der Waals surface area contributed by atoms with Gasteiger partial charge in [-0.3, -0.25) is 0 Å². The molecule has 1 aromatic rings. The highest BCUT2D eigenvalue weighted by atomic mass is 35.5. The molecule has 1 saturated carbocycles. The summed E-state index contributed by atoms with van der Waals surface area (Å²) in [6.45, 7) is 0.516.